The van der Waals surface area contributed by atoms with E-state index in [4.69, 9.17) is 4.74 Å². The van der Waals surface area contributed by atoms with Crippen LogP contribution in [0.5, 0.6) is 5.88 Å². The summed E-state index contributed by atoms with van der Waals surface area (Å²) in [5, 5.41) is 5.92. The first kappa shape index (κ1) is 11.3. The fourth-order valence-electron chi connectivity index (χ4n) is 2.26. The third kappa shape index (κ3) is 2.01. The number of hydrogen-bond acceptors (Lipinski definition) is 3. The van der Waals surface area contributed by atoms with Crippen molar-refractivity contribution in [3.8, 4) is 5.88 Å². The molecule has 0 radical (unpaired) electrons. The van der Waals surface area contributed by atoms with E-state index in [2.05, 4.69) is 35.4 Å². The van der Waals surface area contributed by atoms with Crippen LogP contribution in [0.25, 0.3) is 10.8 Å². The minimum absolute atomic E-state index is 0.644. The maximum absolute atomic E-state index is 5.61. The molecule has 94 valence electrons. The Bertz CT molecular complexity index is 576. The number of aryl methyl sites for hydroxylation is 1. The molecular formula is C15H18N2O. The summed E-state index contributed by atoms with van der Waals surface area (Å²) < 4.78 is 5.61. The number of ether oxygens (including phenoxy) is 1. The minimum Gasteiger partial charge on any atom is -0.478 e. The van der Waals surface area contributed by atoms with E-state index in [1.807, 2.05) is 13.1 Å². The van der Waals surface area contributed by atoms with Crippen molar-refractivity contribution in [2.75, 3.05) is 11.9 Å². The number of hydrogen-bond donors (Lipinski definition) is 1. The Morgan fingerprint density at radius 1 is 1.39 bits per heavy atom. The van der Waals surface area contributed by atoms with Gasteiger partial charge in [-0.25, -0.2) is 4.98 Å². The molecule has 1 heterocycles. The summed E-state index contributed by atoms with van der Waals surface area (Å²) >= 11 is 0. The number of nitrogens with zero attached hydrogens (tertiary/aromatic N) is 1. The second-order valence-electron chi connectivity index (χ2n) is 4.83. The van der Waals surface area contributed by atoms with Gasteiger partial charge in [-0.2, -0.15) is 0 Å². The van der Waals surface area contributed by atoms with E-state index < -0.39 is 0 Å². The van der Waals surface area contributed by atoms with Gasteiger partial charge in [0, 0.05) is 28.7 Å². The first-order valence-electron chi connectivity index (χ1n) is 6.57. The van der Waals surface area contributed by atoms with Crippen LogP contribution < -0.4 is 10.1 Å². The van der Waals surface area contributed by atoms with Gasteiger partial charge < -0.3 is 10.1 Å². The topological polar surface area (TPSA) is 34.1 Å². The van der Waals surface area contributed by atoms with Gasteiger partial charge in [-0.3, -0.25) is 0 Å². The Balaban J connectivity index is 2.15. The summed E-state index contributed by atoms with van der Waals surface area (Å²) in [6.45, 7) is 4.73. The highest BCUT2D eigenvalue weighted by molar-refractivity contribution is 5.99. The molecule has 1 aromatic carbocycles. The van der Waals surface area contributed by atoms with Crippen molar-refractivity contribution in [2.24, 2.45) is 0 Å². The Hall–Kier alpha value is -1.77. The largest absolute Gasteiger partial charge is 0.478 e. The molecule has 0 atom stereocenters. The molecule has 1 fully saturated rings. The number of anilines is 1. The van der Waals surface area contributed by atoms with Crippen LogP contribution in [0.4, 0.5) is 5.69 Å². The summed E-state index contributed by atoms with van der Waals surface area (Å²) in [7, 11) is 0. The predicted molar refractivity (Wildman–Crippen MR) is 74.3 cm³/mol. The Labute approximate surface area is 107 Å². The van der Waals surface area contributed by atoms with Crippen molar-refractivity contribution in [1.82, 2.24) is 4.98 Å². The maximum Gasteiger partial charge on any atom is 0.221 e. The first-order valence-corrected chi connectivity index (χ1v) is 6.57. The van der Waals surface area contributed by atoms with E-state index in [9.17, 15) is 0 Å². The standard InChI is InChI=1S/C15H18N2O/c1-3-18-15-12-5-4-6-13(17-11-7-8-11)14(12)10(2)9-16-15/h4-6,9,11,17H,3,7-8H2,1-2H3. The first-order chi connectivity index (χ1) is 8.79. The smallest absolute Gasteiger partial charge is 0.221 e. The lowest BCUT2D eigenvalue weighted by Crippen LogP contribution is -2.03. The Kier molecular flexibility index (Phi) is 2.82. The van der Waals surface area contributed by atoms with Crippen molar-refractivity contribution in [2.45, 2.75) is 32.7 Å². The van der Waals surface area contributed by atoms with Gasteiger partial charge in [0.15, 0.2) is 0 Å². The normalized spacial score (nSPS) is 14.8. The number of nitrogens with one attached hydrogen (secondary N) is 1. The lowest BCUT2D eigenvalue weighted by molar-refractivity contribution is 0.331. The summed E-state index contributed by atoms with van der Waals surface area (Å²) in [6, 6.07) is 6.94. The van der Waals surface area contributed by atoms with Gasteiger partial charge >= 0.3 is 0 Å². The Morgan fingerprint density at radius 2 is 2.22 bits per heavy atom. The number of fused-ring (bicyclic) bond motifs is 1. The highest BCUT2D eigenvalue weighted by Crippen LogP contribution is 2.34. The molecule has 0 spiro atoms. The zero-order chi connectivity index (χ0) is 12.5. The minimum atomic E-state index is 0.644. The lowest BCUT2D eigenvalue weighted by atomic mass is 10.1. The number of rotatable bonds is 4. The summed E-state index contributed by atoms with van der Waals surface area (Å²) in [5.74, 6) is 0.734. The molecule has 18 heavy (non-hydrogen) atoms. The molecule has 0 amide bonds. The lowest BCUT2D eigenvalue weighted by Gasteiger charge is -2.13. The van der Waals surface area contributed by atoms with Crippen molar-refractivity contribution in [3.63, 3.8) is 0 Å². The molecule has 0 aliphatic heterocycles. The SMILES string of the molecule is CCOc1ncc(C)c2c(NC3CC3)cccc12. The van der Waals surface area contributed by atoms with E-state index in [1.54, 1.807) is 0 Å². The molecule has 3 rings (SSSR count). The van der Waals surface area contributed by atoms with E-state index >= 15 is 0 Å². The van der Waals surface area contributed by atoms with Gasteiger partial charge in [0.1, 0.15) is 0 Å². The molecule has 1 N–H and O–H groups in total. The zero-order valence-corrected chi connectivity index (χ0v) is 10.9. The average molecular weight is 242 g/mol. The average Bonchev–Trinajstić information content (AvgIpc) is 3.17. The van der Waals surface area contributed by atoms with Crippen LogP contribution in [-0.2, 0) is 0 Å². The molecule has 1 aliphatic carbocycles. The van der Waals surface area contributed by atoms with Gasteiger partial charge in [-0.05, 0) is 44.4 Å². The molecule has 2 aromatic rings. The predicted octanol–water partition coefficient (Wildman–Crippen LogP) is 3.52. The van der Waals surface area contributed by atoms with Gasteiger partial charge in [0.2, 0.25) is 5.88 Å². The van der Waals surface area contributed by atoms with E-state index in [0.717, 1.165) is 11.3 Å². The van der Waals surface area contributed by atoms with Crippen LogP contribution in [-0.4, -0.2) is 17.6 Å². The molecule has 1 aromatic heterocycles. The van der Waals surface area contributed by atoms with E-state index in [-0.39, 0.29) is 0 Å². The third-order valence-electron chi connectivity index (χ3n) is 3.28. The number of benzene rings is 1. The molecule has 3 heteroatoms. The molecule has 0 unspecified atom stereocenters. The fourth-order valence-corrected chi connectivity index (χ4v) is 2.26. The van der Waals surface area contributed by atoms with Crippen LogP contribution in [0.1, 0.15) is 25.3 Å². The maximum atomic E-state index is 5.61. The second-order valence-corrected chi connectivity index (χ2v) is 4.83. The molecule has 1 saturated carbocycles. The van der Waals surface area contributed by atoms with E-state index in [1.165, 1.54) is 29.5 Å². The molecule has 1 aliphatic rings. The number of pyridine rings is 1. The van der Waals surface area contributed by atoms with Crippen molar-refractivity contribution >= 4 is 16.5 Å². The van der Waals surface area contributed by atoms with Gasteiger partial charge in [0.25, 0.3) is 0 Å². The third-order valence-corrected chi connectivity index (χ3v) is 3.28. The van der Waals surface area contributed by atoms with Crippen LogP contribution in [0.3, 0.4) is 0 Å². The van der Waals surface area contributed by atoms with E-state index in [0.29, 0.717) is 12.6 Å². The van der Waals surface area contributed by atoms with Gasteiger partial charge in [-0.15, -0.1) is 0 Å². The molecular weight excluding hydrogens is 224 g/mol. The highest BCUT2D eigenvalue weighted by Gasteiger charge is 2.22. The van der Waals surface area contributed by atoms with Crippen molar-refractivity contribution < 1.29 is 4.74 Å². The van der Waals surface area contributed by atoms with Crippen molar-refractivity contribution in [3.05, 3.63) is 30.0 Å². The Morgan fingerprint density at radius 3 is 2.94 bits per heavy atom. The van der Waals surface area contributed by atoms with Crippen LogP contribution in [0, 0.1) is 6.92 Å². The number of aromatic nitrogens is 1. The second kappa shape index (κ2) is 4.48. The van der Waals surface area contributed by atoms with Gasteiger partial charge in [-0.1, -0.05) is 6.07 Å². The molecule has 0 saturated heterocycles. The summed E-state index contributed by atoms with van der Waals surface area (Å²) in [5.41, 5.74) is 2.40. The monoisotopic (exact) mass is 242 g/mol. The van der Waals surface area contributed by atoms with Crippen LogP contribution in [0.15, 0.2) is 24.4 Å². The van der Waals surface area contributed by atoms with Crippen molar-refractivity contribution in [1.29, 1.82) is 0 Å². The summed E-state index contributed by atoms with van der Waals surface area (Å²) in [4.78, 5) is 4.38. The summed E-state index contributed by atoms with van der Waals surface area (Å²) in [6.07, 6.45) is 4.45. The van der Waals surface area contributed by atoms with Crippen LogP contribution >= 0.6 is 0 Å². The molecule has 3 nitrogen and oxygen atoms in total. The van der Waals surface area contributed by atoms with Crippen LogP contribution in [0.2, 0.25) is 0 Å². The van der Waals surface area contributed by atoms with Gasteiger partial charge in [0.05, 0.1) is 6.61 Å². The fraction of sp³-hybridized carbons (Fsp3) is 0.400. The highest BCUT2D eigenvalue weighted by atomic mass is 16.5. The zero-order valence-electron chi connectivity index (χ0n) is 10.9. The molecule has 0 bridgehead atoms. The quantitative estimate of drug-likeness (QED) is 0.890.